The van der Waals surface area contributed by atoms with E-state index in [0.717, 1.165) is 31.4 Å². The third-order valence-corrected chi connectivity index (χ3v) is 3.99. The number of amides is 1. The SMILES string of the molecule is CC(C)NC(=O)c1ccnc(N2CCOC(C3CC3)C2)c1. The Morgan fingerprint density at radius 1 is 1.48 bits per heavy atom. The van der Waals surface area contributed by atoms with Crippen LogP contribution in [0.1, 0.15) is 37.0 Å². The van der Waals surface area contributed by atoms with Crippen LogP contribution in [0, 0.1) is 5.92 Å². The molecule has 1 saturated carbocycles. The number of nitrogens with one attached hydrogen (secondary N) is 1. The second-order valence-corrected chi connectivity index (χ2v) is 6.22. The Morgan fingerprint density at radius 2 is 2.29 bits per heavy atom. The molecule has 1 amide bonds. The van der Waals surface area contributed by atoms with Gasteiger partial charge in [-0.2, -0.15) is 0 Å². The molecule has 1 unspecified atom stereocenters. The molecule has 5 nitrogen and oxygen atoms in total. The third-order valence-electron chi connectivity index (χ3n) is 3.99. The maximum atomic E-state index is 12.1. The van der Waals surface area contributed by atoms with Crippen molar-refractivity contribution in [1.82, 2.24) is 10.3 Å². The Kier molecular flexibility index (Phi) is 4.10. The van der Waals surface area contributed by atoms with Gasteiger partial charge in [0.1, 0.15) is 5.82 Å². The highest BCUT2D eigenvalue weighted by Crippen LogP contribution is 2.36. The van der Waals surface area contributed by atoms with Crippen molar-refractivity contribution >= 4 is 11.7 Å². The van der Waals surface area contributed by atoms with E-state index in [-0.39, 0.29) is 11.9 Å². The van der Waals surface area contributed by atoms with Gasteiger partial charge in [-0.1, -0.05) is 0 Å². The second kappa shape index (κ2) is 6.02. The number of morpholine rings is 1. The maximum Gasteiger partial charge on any atom is 0.251 e. The zero-order chi connectivity index (χ0) is 14.8. The summed E-state index contributed by atoms with van der Waals surface area (Å²) in [4.78, 5) is 18.8. The van der Waals surface area contributed by atoms with Gasteiger partial charge in [0.05, 0.1) is 12.7 Å². The molecule has 1 aliphatic heterocycles. The van der Waals surface area contributed by atoms with Gasteiger partial charge < -0.3 is 15.0 Å². The van der Waals surface area contributed by atoms with Crippen LogP contribution in [0.5, 0.6) is 0 Å². The number of hydrogen-bond acceptors (Lipinski definition) is 4. The zero-order valence-corrected chi connectivity index (χ0v) is 12.7. The Bertz CT molecular complexity index is 514. The van der Waals surface area contributed by atoms with Gasteiger partial charge in [0.2, 0.25) is 0 Å². The number of carbonyl (C=O) groups is 1. The predicted molar refractivity (Wildman–Crippen MR) is 81.5 cm³/mol. The highest BCUT2D eigenvalue weighted by molar-refractivity contribution is 5.94. The summed E-state index contributed by atoms with van der Waals surface area (Å²) in [7, 11) is 0. The van der Waals surface area contributed by atoms with Crippen LogP contribution in [-0.2, 0) is 4.74 Å². The van der Waals surface area contributed by atoms with Crippen molar-refractivity contribution < 1.29 is 9.53 Å². The quantitative estimate of drug-likeness (QED) is 0.919. The van der Waals surface area contributed by atoms with Crippen LogP contribution < -0.4 is 10.2 Å². The number of ether oxygens (including phenoxy) is 1. The summed E-state index contributed by atoms with van der Waals surface area (Å²) in [6.07, 6.45) is 4.60. The fraction of sp³-hybridized carbons (Fsp3) is 0.625. The molecule has 3 rings (SSSR count). The van der Waals surface area contributed by atoms with Crippen molar-refractivity contribution in [1.29, 1.82) is 0 Å². The molecule has 21 heavy (non-hydrogen) atoms. The molecular formula is C16H23N3O2. The van der Waals surface area contributed by atoms with Crippen molar-refractivity contribution in [2.45, 2.75) is 38.8 Å². The van der Waals surface area contributed by atoms with Crippen molar-refractivity contribution in [2.24, 2.45) is 5.92 Å². The molecule has 0 spiro atoms. The minimum atomic E-state index is -0.0411. The highest BCUT2D eigenvalue weighted by atomic mass is 16.5. The lowest BCUT2D eigenvalue weighted by molar-refractivity contribution is 0.0261. The van der Waals surface area contributed by atoms with Crippen molar-refractivity contribution in [3.63, 3.8) is 0 Å². The Hall–Kier alpha value is -1.62. The van der Waals surface area contributed by atoms with Crippen LogP contribution in [0.25, 0.3) is 0 Å². The minimum absolute atomic E-state index is 0.0411. The fourth-order valence-corrected chi connectivity index (χ4v) is 2.71. The first-order valence-electron chi connectivity index (χ1n) is 7.77. The molecule has 0 radical (unpaired) electrons. The summed E-state index contributed by atoms with van der Waals surface area (Å²) in [6, 6.07) is 3.78. The van der Waals surface area contributed by atoms with Crippen LogP contribution in [-0.4, -0.2) is 42.7 Å². The highest BCUT2D eigenvalue weighted by Gasteiger charge is 2.35. The number of rotatable bonds is 4. The largest absolute Gasteiger partial charge is 0.374 e. The van der Waals surface area contributed by atoms with Gasteiger partial charge in [-0.3, -0.25) is 4.79 Å². The molecule has 2 aliphatic rings. The van der Waals surface area contributed by atoms with Gasteiger partial charge in [-0.25, -0.2) is 4.98 Å². The summed E-state index contributed by atoms with van der Waals surface area (Å²) in [5.74, 6) is 1.56. The Morgan fingerprint density at radius 3 is 3.00 bits per heavy atom. The Balaban J connectivity index is 1.71. The maximum absolute atomic E-state index is 12.1. The van der Waals surface area contributed by atoms with Crippen LogP contribution >= 0.6 is 0 Å². The van der Waals surface area contributed by atoms with E-state index in [2.05, 4.69) is 15.2 Å². The first-order valence-corrected chi connectivity index (χ1v) is 7.77. The van der Waals surface area contributed by atoms with Crippen LogP contribution in [0.4, 0.5) is 5.82 Å². The fourth-order valence-electron chi connectivity index (χ4n) is 2.71. The van der Waals surface area contributed by atoms with E-state index < -0.39 is 0 Å². The monoisotopic (exact) mass is 289 g/mol. The van der Waals surface area contributed by atoms with Gasteiger partial charge in [-0.15, -0.1) is 0 Å². The molecular weight excluding hydrogens is 266 g/mol. The van der Waals surface area contributed by atoms with Gasteiger partial charge in [0, 0.05) is 30.9 Å². The van der Waals surface area contributed by atoms with Crippen molar-refractivity contribution in [3.8, 4) is 0 Å². The predicted octanol–water partition coefficient (Wildman–Crippen LogP) is 1.83. The molecule has 1 N–H and O–H groups in total. The van der Waals surface area contributed by atoms with Crippen LogP contribution in [0.2, 0.25) is 0 Å². The van der Waals surface area contributed by atoms with E-state index in [9.17, 15) is 4.79 Å². The topological polar surface area (TPSA) is 54.5 Å². The number of anilines is 1. The summed E-state index contributed by atoms with van der Waals surface area (Å²) < 4.78 is 5.84. The van der Waals surface area contributed by atoms with Crippen molar-refractivity contribution in [2.75, 3.05) is 24.6 Å². The van der Waals surface area contributed by atoms with E-state index in [1.807, 2.05) is 19.9 Å². The molecule has 1 aliphatic carbocycles. The lowest BCUT2D eigenvalue weighted by atomic mass is 10.1. The molecule has 0 aromatic carbocycles. The van der Waals surface area contributed by atoms with E-state index in [1.54, 1.807) is 12.3 Å². The third kappa shape index (κ3) is 3.53. The van der Waals surface area contributed by atoms with Gasteiger partial charge in [-0.05, 0) is 44.7 Å². The zero-order valence-electron chi connectivity index (χ0n) is 12.7. The molecule has 2 heterocycles. The summed E-state index contributed by atoms with van der Waals surface area (Å²) in [6.45, 7) is 6.38. The first kappa shape index (κ1) is 14.3. The summed E-state index contributed by atoms with van der Waals surface area (Å²) in [5, 5.41) is 2.92. The lowest BCUT2D eigenvalue weighted by Crippen LogP contribution is -2.44. The molecule has 0 bridgehead atoms. The molecule has 114 valence electrons. The second-order valence-electron chi connectivity index (χ2n) is 6.22. The Labute approximate surface area is 125 Å². The molecule has 2 fully saturated rings. The number of hydrogen-bond donors (Lipinski definition) is 1. The molecule has 5 heteroatoms. The summed E-state index contributed by atoms with van der Waals surface area (Å²) in [5.41, 5.74) is 0.670. The van der Waals surface area contributed by atoms with Crippen molar-refractivity contribution in [3.05, 3.63) is 23.9 Å². The van der Waals surface area contributed by atoms with Gasteiger partial charge in [0.15, 0.2) is 0 Å². The molecule has 1 aromatic heterocycles. The molecule has 1 saturated heterocycles. The minimum Gasteiger partial charge on any atom is -0.374 e. The number of nitrogens with zero attached hydrogens (tertiary/aromatic N) is 2. The normalized spacial score (nSPS) is 22.4. The van der Waals surface area contributed by atoms with Crippen LogP contribution in [0.15, 0.2) is 18.3 Å². The smallest absolute Gasteiger partial charge is 0.251 e. The molecule has 1 aromatic rings. The number of carbonyl (C=O) groups excluding carboxylic acids is 1. The number of aromatic nitrogens is 1. The van der Waals surface area contributed by atoms with Gasteiger partial charge >= 0.3 is 0 Å². The average molecular weight is 289 g/mol. The standard InChI is InChI=1S/C16H23N3O2/c1-11(2)18-16(20)13-5-6-17-15(9-13)19-7-8-21-14(10-19)12-3-4-12/h5-6,9,11-12,14H,3-4,7-8,10H2,1-2H3,(H,18,20). The van der Waals surface area contributed by atoms with E-state index in [0.29, 0.717) is 11.7 Å². The first-order chi connectivity index (χ1) is 10.1. The van der Waals surface area contributed by atoms with E-state index >= 15 is 0 Å². The van der Waals surface area contributed by atoms with Crippen LogP contribution in [0.3, 0.4) is 0 Å². The summed E-state index contributed by atoms with van der Waals surface area (Å²) >= 11 is 0. The number of pyridine rings is 1. The van der Waals surface area contributed by atoms with E-state index in [4.69, 9.17) is 4.74 Å². The van der Waals surface area contributed by atoms with E-state index in [1.165, 1.54) is 12.8 Å². The van der Waals surface area contributed by atoms with Gasteiger partial charge in [0.25, 0.3) is 5.91 Å². The lowest BCUT2D eigenvalue weighted by Gasteiger charge is -2.34. The molecule has 1 atom stereocenters. The average Bonchev–Trinajstić information content (AvgIpc) is 3.31.